The van der Waals surface area contributed by atoms with Crippen LogP contribution in [0.5, 0.6) is 5.75 Å². The summed E-state index contributed by atoms with van der Waals surface area (Å²) < 4.78 is 5.97. The van der Waals surface area contributed by atoms with Crippen molar-refractivity contribution >= 4 is 21.8 Å². The van der Waals surface area contributed by atoms with Gasteiger partial charge >= 0.3 is 0 Å². The molecule has 3 nitrogen and oxygen atoms in total. The minimum absolute atomic E-state index is 0.0395. The lowest BCUT2D eigenvalue weighted by molar-refractivity contribution is 0.0704. The molecule has 0 radical (unpaired) electrons. The highest BCUT2D eigenvalue weighted by Gasteiger charge is 2.20. The highest BCUT2D eigenvalue weighted by atomic mass is 79.9. The van der Waals surface area contributed by atoms with Crippen LogP contribution in [0.4, 0.5) is 0 Å². The van der Waals surface area contributed by atoms with Gasteiger partial charge in [-0.15, -0.1) is 0 Å². The van der Waals surface area contributed by atoms with Crippen LogP contribution < -0.4 is 4.74 Å². The minimum Gasteiger partial charge on any atom is -0.497 e. The highest BCUT2D eigenvalue weighted by Crippen LogP contribution is 2.24. The Morgan fingerprint density at radius 2 is 2.11 bits per heavy atom. The van der Waals surface area contributed by atoms with Crippen LogP contribution >= 0.6 is 15.9 Å². The van der Waals surface area contributed by atoms with E-state index in [1.165, 1.54) is 0 Å². The molecule has 0 atom stereocenters. The molecule has 4 heteroatoms. The van der Waals surface area contributed by atoms with Crippen LogP contribution in [0.15, 0.2) is 22.7 Å². The van der Waals surface area contributed by atoms with Gasteiger partial charge in [0.15, 0.2) is 0 Å². The van der Waals surface area contributed by atoms with Gasteiger partial charge in [-0.05, 0) is 54.4 Å². The molecule has 0 fully saturated rings. The smallest absolute Gasteiger partial charge is 0.255 e. The first kappa shape index (κ1) is 15.0. The largest absolute Gasteiger partial charge is 0.497 e. The van der Waals surface area contributed by atoms with Crippen LogP contribution in [0.25, 0.3) is 0 Å². The highest BCUT2D eigenvalue weighted by molar-refractivity contribution is 9.10. The molecule has 18 heavy (non-hydrogen) atoms. The first-order valence-electron chi connectivity index (χ1n) is 6.15. The monoisotopic (exact) mass is 313 g/mol. The molecule has 1 aromatic carbocycles. The normalized spacial score (nSPS) is 10.6. The van der Waals surface area contributed by atoms with Crippen molar-refractivity contribution in [1.29, 1.82) is 0 Å². The van der Waals surface area contributed by atoms with Crippen molar-refractivity contribution in [2.75, 3.05) is 13.7 Å². The third kappa shape index (κ3) is 3.48. The fraction of sp³-hybridized carbons (Fsp3) is 0.500. The summed E-state index contributed by atoms with van der Waals surface area (Å²) in [5, 5.41) is 0. The number of ether oxygens (including phenoxy) is 1. The van der Waals surface area contributed by atoms with E-state index >= 15 is 0 Å². The Hall–Kier alpha value is -1.03. The number of rotatable bonds is 5. The van der Waals surface area contributed by atoms with E-state index in [4.69, 9.17) is 4.74 Å². The molecule has 0 bridgehead atoms. The average molecular weight is 314 g/mol. The van der Waals surface area contributed by atoms with E-state index in [0.717, 1.165) is 17.4 Å². The molecule has 0 aliphatic carbocycles. The molecule has 0 unspecified atom stereocenters. The van der Waals surface area contributed by atoms with Crippen molar-refractivity contribution in [1.82, 2.24) is 4.90 Å². The zero-order valence-corrected chi connectivity index (χ0v) is 13.0. The summed E-state index contributed by atoms with van der Waals surface area (Å²) >= 11 is 3.43. The molecule has 100 valence electrons. The summed E-state index contributed by atoms with van der Waals surface area (Å²) in [6.45, 7) is 6.90. The Kier molecular flexibility index (Phi) is 5.66. The number of hydrogen-bond acceptors (Lipinski definition) is 2. The van der Waals surface area contributed by atoms with Crippen molar-refractivity contribution < 1.29 is 9.53 Å². The van der Waals surface area contributed by atoms with E-state index in [1.807, 2.05) is 30.9 Å². The minimum atomic E-state index is 0.0395. The molecule has 1 aromatic rings. The van der Waals surface area contributed by atoms with Crippen molar-refractivity contribution in [3.63, 3.8) is 0 Å². The van der Waals surface area contributed by atoms with Crippen molar-refractivity contribution in [2.24, 2.45) is 0 Å². The van der Waals surface area contributed by atoms with Gasteiger partial charge in [0.1, 0.15) is 5.75 Å². The standard InChI is InChI=1S/C14H20BrNO2/c1-5-8-16(10(2)3)14(17)12-9-11(18-4)6-7-13(12)15/h6-7,9-10H,5,8H2,1-4H3. The lowest BCUT2D eigenvalue weighted by atomic mass is 10.1. The second kappa shape index (κ2) is 6.78. The van der Waals surface area contributed by atoms with Crippen LogP contribution in [0, 0.1) is 0 Å². The van der Waals surface area contributed by atoms with Gasteiger partial charge in [0.25, 0.3) is 5.91 Å². The Labute approximate surface area is 117 Å². The second-order valence-corrected chi connectivity index (χ2v) is 5.29. The van der Waals surface area contributed by atoms with Crippen LogP contribution in [0.1, 0.15) is 37.6 Å². The summed E-state index contributed by atoms with van der Waals surface area (Å²) in [6, 6.07) is 5.64. The SMILES string of the molecule is CCCN(C(=O)c1cc(OC)ccc1Br)C(C)C. The molecule has 1 rings (SSSR count). The van der Waals surface area contributed by atoms with E-state index in [-0.39, 0.29) is 11.9 Å². The predicted molar refractivity (Wildman–Crippen MR) is 77.2 cm³/mol. The zero-order valence-electron chi connectivity index (χ0n) is 11.4. The number of carbonyl (C=O) groups is 1. The third-order valence-electron chi connectivity index (χ3n) is 2.75. The third-order valence-corrected chi connectivity index (χ3v) is 3.44. The van der Waals surface area contributed by atoms with Gasteiger partial charge in [0.2, 0.25) is 0 Å². The van der Waals surface area contributed by atoms with Crippen molar-refractivity contribution in [2.45, 2.75) is 33.2 Å². The van der Waals surface area contributed by atoms with Crippen molar-refractivity contribution in [3.05, 3.63) is 28.2 Å². The molecule has 0 N–H and O–H groups in total. The number of methoxy groups -OCH3 is 1. The number of amides is 1. The zero-order chi connectivity index (χ0) is 13.7. The molecule has 0 heterocycles. The summed E-state index contributed by atoms with van der Waals surface area (Å²) in [6.07, 6.45) is 0.950. The van der Waals surface area contributed by atoms with E-state index in [9.17, 15) is 4.79 Å². The number of halogens is 1. The average Bonchev–Trinajstić information content (AvgIpc) is 2.35. The molecule has 0 aromatic heterocycles. The van der Waals surface area contributed by atoms with Crippen molar-refractivity contribution in [3.8, 4) is 5.75 Å². The van der Waals surface area contributed by atoms with Crippen LogP contribution in [-0.4, -0.2) is 30.5 Å². The molecule has 0 spiro atoms. The summed E-state index contributed by atoms with van der Waals surface area (Å²) in [5.74, 6) is 0.736. The lowest BCUT2D eigenvalue weighted by Crippen LogP contribution is -2.37. The number of hydrogen-bond donors (Lipinski definition) is 0. The van der Waals surface area contributed by atoms with E-state index in [0.29, 0.717) is 11.3 Å². The maximum Gasteiger partial charge on any atom is 0.255 e. The van der Waals surface area contributed by atoms with E-state index < -0.39 is 0 Å². The maximum atomic E-state index is 12.5. The van der Waals surface area contributed by atoms with Crippen LogP contribution in [0.2, 0.25) is 0 Å². The van der Waals surface area contributed by atoms with Crippen LogP contribution in [0.3, 0.4) is 0 Å². The topological polar surface area (TPSA) is 29.5 Å². The van der Waals surface area contributed by atoms with Gasteiger partial charge in [0.05, 0.1) is 12.7 Å². The summed E-state index contributed by atoms with van der Waals surface area (Å²) in [7, 11) is 1.60. The Morgan fingerprint density at radius 3 is 2.61 bits per heavy atom. The number of benzene rings is 1. The molecule has 1 amide bonds. The first-order valence-corrected chi connectivity index (χ1v) is 6.95. The molecule has 0 saturated carbocycles. The van der Waals surface area contributed by atoms with E-state index in [1.54, 1.807) is 13.2 Å². The van der Waals surface area contributed by atoms with E-state index in [2.05, 4.69) is 22.9 Å². The van der Waals surface area contributed by atoms with Gasteiger partial charge in [-0.2, -0.15) is 0 Å². The fourth-order valence-corrected chi connectivity index (χ4v) is 2.20. The first-order chi connectivity index (χ1) is 8.51. The number of nitrogens with zero attached hydrogens (tertiary/aromatic N) is 1. The van der Waals surface area contributed by atoms with Gasteiger partial charge in [0, 0.05) is 17.1 Å². The maximum absolute atomic E-state index is 12.5. The molecular weight excluding hydrogens is 294 g/mol. The van der Waals surface area contributed by atoms with Gasteiger partial charge in [-0.3, -0.25) is 4.79 Å². The Morgan fingerprint density at radius 1 is 1.44 bits per heavy atom. The second-order valence-electron chi connectivity index (χ2n) is 4.44. The summed E-state index contributed by atoms with van der Waals surface area (Å²) in [4.78, 5) is 14.4. The molecule has 0 aliphatic rings. The lowest BCUT2D eigenvalue weighted by Gasteiger charge is -2.27. The number of carbonyl (C=O) groups excluding carboxylic acids is 1. The molecular formula is C14H20BrNO2. The van der Waals surface area contributed by atoms with Gasteiger partial charge in [-0.1, -0.05) is 6.92 Å². The predicted octanol–water partition coefficient (Wildman–Crippen LogP) is 3.72. The van der Waals surface area contributed by atoms with Crippen LogP contribution in [-0.2, 0) is 0 Å². The molecule has 0 saturated heterocycles. The summed E-state index contributed by atoms with van der Waals surface area (Å²) in [5.41, 5.74) is 0.650. The van der Waals surface area contributed by atoms with Gasteiger partial charge < -0.3 is 9.64 Å². The van der Waals surface area contributed by atoms with Gasteiger partial charge in [-0.25, -0.2) is 0 Å². The molecule has 0 aliphatic heterocycles. The quantitative estimate of drug-likeness (QED) is 0.829. The Bertz CT molecular complexity index is 418. The fourth-order valence-electron chi connectivity index (χ4n) is 1.79. The Balaban J connectivity index is 3.07.